The fourth-order valence-corrected chi connectivity index (χ4v) is 2.06. The van der Waals surface area contributed by atoms with E-state index < -0.39 is 0 Å². The summed E-state index contributed by atoms with van der Waals surface area (Å²) < 4.78 is 15.3. The highest BCUT2D eigenvalue weighted by molar-refractivity contribution is 9.10. The van der Waals surface area contributed by atoms with Gasteiger partial charge in [0.2, 0.25) is 0 Å². The molecule has 96 valence electrons. The number of hydrogen-bond donors (Lipinski definition) is 1. The molecule has 0 aliphatic rings. The van der Waals surface area contributed by atoms with Gasteiger partial charge in [-0.2, -0.15) is 0 Å². The molecule has 6 heteroatoms. The zero-order valence-corrected chi connectivity index (χ0v) is 11.4. The van der Waals surface area contributed by atoms with Crippen LogP contribution < -0.4 is 5.73 Å². The van der Waals surface area contributed by atoms with Crippen molar-refractivity contribution in [1.82, 2.24) is 15.0 Å². The molecule has 0 radical (unpaired) electrons. The Morgan fingerprint density at radius 3 is 2.94 bits per heavy atom. The van der Waals surface area contributed by atoms with E-state index in [2.05, 4.69) is 26.2 Å². The van der Waals surface area contributed by atoms with Gasteiger partial charge in [0.1, 0.15) is 5.82 Å². The van der Waals surface area contributed by atoms with Crippen LogP contribution in [-0.4, -0.2) is 21.5 Å². The van der Waals surface area contributed by atoms with E-state index in [1.54, 1.807) is 16.8 Å². The lowest BCUT2D eigenvalue weighted by Gasteiger charge is -2.02. The lowest BCUT2D eigenvalue weighted by Crippen LogP contribution is -2.01. The number of aryl methyl sites for hydroxylation is 1. The maximum atomic E-state index is 13.1. The van der Waals surface area contributed by atoms with Crippen LogP contribution >= 0.6 is 15.9 Å². The fourth-order valence-electron chi connectivity index (χ4n) is 1.64. The fraction of sp³-hybridized carbons (Fsp3) is 0.333. The Balaban J connectivity index is 2.04. The summed E-state index contributed by atoms with van der Waals surface area (Å²) >= 11 is 3.16. The molecule has 0 unspecified atom stereocenters. The Labute approximate surface area is 113 Å². The van der Waals surface area contributed by atoms with Crippen molar-refractivity contribution in [3.8, 4) is 0 Å². The average Bonchev–Trinajstić information content (AvgIpc) is 2.79. The molecule has 0 aliphatic carbocycles. The van der Waals surface area contributed by atoms with E-state index in [9.17, 15) is 4.39 Å². The van der Waals surface area contributed by atoms with Crippen LogP contribution in [0.15, 0.2) is 28.9 Å². The third-order valence-electron chi connectivity index (χ3n) is 2.55. The number of halogens is 2. The van der Waals surface area contributed by atoms with Crippen LogP contribution in [0.2, 0.25) is 0 Å². The number of rotatable bonds is 5. The number of benzene rings is 1. The molecular formula is C12H14BrFN4. The van der Waals surface area contributed by atoms with Crippen LogP contribution in [0.3, 0.4) is 0 Å². The van der Waals surface area contributed by atoms with Crippen molar-refractivity contribution in [1.29, 1.82) is 0 Å². The minimum absolute atomic E-state index is 0.263. The van der Waals surface area contributed by atoms with Gasteiger partial charge in [-0.05, 0) is 53.0 Å². The molecule has 0 saturated heterocycles. The topological polar surface area (TPSA) is 56.7 Å². The predicted molar refractivity (Wildman–Crippen MR) is 70.6 cm³/mol. The number of nitrogens with two attached hydrogens (primary N) is 1. The smallest absolute Gasteiger partial charge is 0.137 e. The molecule has 0 bridgehead atoms. The standard InChI is InChI=1S/C12H14BrFN4/c13-11-6-9(3-4-12(11)14)7-18-8-10(16-17-18)2-1-5-15/h3-4,6,8H,1-2,5,7,15H2. The van der Waals surface area contributed by atoms with E-state index in [1.807, 2.05) is 6.20 Å². The number of hydrogen-bond acceptors (Lipinski definition) is 3. The van der Waals surface area contributed by atoms with Crippen molar-refractivity contribution in [3.05, 3.63) is 45.9 Å². The first-order chi connectivity index (χ1) is 8.69. The highest BCUT2D eigenvalue weighted by Crippen LogP contribution is 2.17. The van der Waals surface area contributed by atoms with Crippen molar-refractivity contribution in [2.24, 2.45) is 5.73 Å². The van der Waals surface area contributed by atoms with Crippen molar-refractivity contribution in [2.75, 3.05) is 6.54 Å². The molecule has 18 heavy (non-hydrogen) atoms. The Hall–Kier alpha value is -1.27. The molecule has 0 saturated carbocycles. The highest BCUT2D eigenvalue weighted by Gasteiger charge is 2.04. The van der Waals surface area contributed by atoms with Crippen molar-refractivity contribution >= 4 is 15.9 Å². The molecular weight excluding hydrogens is 299 g/mol. The first-order valence-corrected chi connectivity index (χ1v) is 6.51. The molecule has 4 nitrogen and oxygen atoms in total. The van der Waals surface area contributed by atoms with Crippen LogP contribution in [0.4, 0.5) is 4.39 Å². The summed E-state index contributed by atoms with van der Waals surface area (Å²) in [5, 5.41) is 8.09. The SMILES string of the molecule is NCCCc1cn(Cc2ccc(F)c(Br)c2)nn1. The van der Waals surface area contributed by atoms with Gasteiger partial charge in [0.25, 0.3) is 0 Å². The van der Waals surface area contributed by atoms with Crippen LogP contribution in [0.25, 0.3) is 0 Å². The van der Waals surface area contributed by atoms with Gasteiger partial charge in [-0.15, -0.1) is 5.10 Å². The van der Waals surface area contributed by atoms with Gasteiger partial charge in [0, 0.05) is 6.20 Å². The highest BCUT2D eigenvalue weighted by atomic mass is 79.9. The quantitative estimate of drug-likeness (QED) is 0.920. The van der Waals surface area contributed by atoms with Gasteiger partial charge in [-0.1, -0.05) is 11.3 Å². The minimum Gasteiger partial charge on any atom is -0.330 e. The maximum absolute atomic E-state index is 13.1. The number of aromatic nitrogens is 3. The summed E-state index contributed by atoms with van der Waals surface area (Å²) in [4.78, 5) is 0. The van der Waals surface area contributed by atoms with Crippen LogP contribution in [-0.2, 0) is 13.0 Å². The van der Waals surface area contributed by atoms with E-state index in [1.165, 1.54) is 6.07 Å². The summed E-state index contributed by atoms with van der Waals surface area (Å²) in [6.45, 7) is 1.23. The molecule has 2 aromatic rings. The molecule has 1 heterocycles. The van der Waals surface area contributed by atoms with E-state index in [-0.39, 0.29) is 5.82 Å². The lowest BCUT2D eigenvalue weighted by atomic mass is 10.2. The van der Waals surface area contributed by atoms with Gasteiger partial charge in [-0.25, -0.2) is 9.07 Å². The average molecular weight is 313 g/mol. The monoisotopic (exact) mass is 312 g/mol. The summed E-state index contributed by atoms with van der Waals surface area (Å²) in [5.74, 6) is -0.263. The molecule has 1 aromatic heterocycles. The minimum atomic E-state index is -0.263. The predicted octanol–water partition coefficient (Wildman–Crippen LogP) is 2.12. The third kappa shape index (κ3) is 3.36. The lowest BCUT2D eigenvalue weighted by molar-refractivity contribution is 0.615. The normalized spacial score (nSPS) is 10.8. The van der Waals surface area contributed by atoms with Crippen molar-refractivity contribution < 1.29 is 4.39 Å². The second-order valence-electron chi connectivity index (χ2n) is 4.05. The molecule has 0 spiro atoms. The summed E-state index contributed by atoms with van der Waals surface area (Å²) in [5.41, 5.74) is 7.34. The summed E-state index contributed by atoms with van der Waals surface area (Å²) in [6, 6.07) is 4.92. The van der Waals surface area contributed by atoms with E-state index in [0.717, 1.165) is 24.1 Å². The molecule has 0 atom stereocenters. The van der Waals surface area contributed by atoms with Gasteiger partial charge in [0.05, 0.1) is 16.7 Å². The van der Waals surface area contributed by atoms with Crippen LogP contribution in [0.1, 0.15) is 17.7 Å². The van der Waals surface area contributed by atoms with Gasteiger partial charge in [0.15, 0.2) is 0 Å². The molecule has 0 aliphatic heterocycles. The van der Waals surface area contributed by atoms with Gasteiger partial charge < -0.3 is 5.73 Å². The summed E-state index contributed by atoms with van der Waals surface area (Å²) in [7, 11) is 0. The Kier molecular flexibility index (Phi) is 4.43. The van der Waals surface area contributed by atoms with Crippen molar-refractivity contribution in [3.63, 3.8) is 0 Å². The second-order valence-corrected chi connectivity index (χ2v) is 4.90. The van der Waals surface area contributed by atoms with Crippen LogP contribution in [0, 0.1) is 5.82 Å². The number of nitrogens with zero attached hydrogens (tertiary/aromatic N) is 3. The second kappa shape index (κ2) is 6.06. The Morgan fingerprint density at radius 1 is 1.39 bits per heavy atom. The van der Waals surface area contributed by atoms with Gasteiger partial charge >= 0.3 is 0 Å². The molecule has 0 fully saturated rings. The largest absolute Gasteiger partial charge is 0.330 e. The van der Waals surface area contributed by atoms with E-state index in [0.29, 0.717) is 17.6 Å². The van der Waals surface area contributed by atoms with E-state index in [4.69, 9.17) is 5.73 Å². The van der Waals surface area contributed by atoms with E-state index >= 15 is 0 Å². The zero-order chi connectivity index (χ0) is 13.0. The molecule has 2 rings (SSSR count). The van der Waals surface area contributed by atoms with Crippen molar-refractivity contribution in [2.45, 2.75) is 19.4 Å². The third-order valence-corrected chi connectivity index (χ3v) is 3.16. The molecule has 0 amide bonds. The van der Waals surface area contributed by atoms with Gasteiger partial charge in [-0.3, -0.25) is 0 Å². The maximum Gasteiger partial charge on any atom is 0.137 e. The van der Waals surface area contributed by atoms with Crippen LogP contribution in [0.5, 0.6) is 0 Å². The first-order valence-electron chi connectivity index (χ1n) is 5.72. The Morgan fingerprint density at radius 2 is 2.22 bits per heavy atom. The summed E-state index contributed by atoms with van der Waals surface area (Å²) in [6.07, 6.45) is 3.64. The zero-order valence-electron chi connectivity index (χ0n) is 9.81. The molecule has 1 aromatic carbocycles. The first kappa shape index (κ1) is 13.2. The Bertz CT molecular complexity index is 527. The molecule has 2 N–H and O–H groups in total.